The SMILES string of the molecule is COc1nc(N2CCC(=O)CC2)ccc1-c1nc2c(C)nn(-c3ccccc3)c2c(=O)[nH]1. The molecule has 0 aliphatic carbocycles. The Balaban J connectivity index is 1.58. The third kappa shape index (κ3) is 3.41. The molecule has 4 heterocycles. The second-order valence-corrected chi connectivity index (χ2v) is 7.70. The molecule has 1 aliphatic heterocycles. The smallest absolute Gasteiger partial charge is 0.277 e. The maximum atomic E-state index is 13.1. The van der Waals surface area contributed by atoms with Gasteiger partial charge in [0.15, 0.2) is 5.52 Å². The van der Waals surface area contributed by atoms with Gasteiger partial charge in [0.05, 0.1) is 24.1 Å². The number of methoxy groups -OCH3 is 1. The van der Waals surface area contributed by atoms with Crippen LogP contribution < -0.4 is 15.2 Å². The number of ketones is 1. The molecule has 5 rings (SSSR count). The molecular weight excluding hydrogens is 408 g/mol. The lowest BCUT2D eigenvalue weighted by molar-refractivity contribution is -0.119. The van der Waals surface area contributed by atoms with Crippen LogP contribution in [0.2, 0.25) is 0 Å². The van der Waals surface area contributed by atoms with Gasteiger partial charge in [-0.1, -0.05) is 18.2 Å². The second kappa shape index (κ2) is 7.92. The maximum Gasteiger partial charge on any atom is 0.277 e. The van der Waals surface area contributed by atoms with E-state index in [2.05, 4.69) is 20.0 Å². The zero-order valence-corrected chi connectivity index (χ0v) is 17.8. The Hall–Kier alpha value is -4.01. The third-order valence-corrected chi connectivity index (χ3v) is 5.64. The Morgan fingerprint density at radius 3 is 2.47 bits per heavy atom. The minimum absolute atomic E-state index is 0.270. The summed E-state index contributed by atoms with van der Waals surface area (Å²) in [6.07, 6.45) is 1.03. The van der Waals surface area contributed by atoms with Crippen molar-refractivity contribution in [3.63, 3.8) is 0 Å². The predicted molar refractivity (Wildman–Crippen MR) is 120 cm³/mol. The van der Waals surface area contributed by atoms with Crippen LogP contribution in [0.1, 0.15) is 18.5 Å². The zero-order chi connectivity index (χ0) is 22.2. The van der Waals surface area contributed by atoms with Crippen molar-refractivity contribution in [2.45, 2.75) is 19.8 Å². The number of H-pyrrole nitrogens is 1. The number of benzene rings is 1. The highest BCUT2D eigenvalue weighted by Gasteiger charge is 2.21. The number of hydrogen-bond donors (Lipinski definition) is 1. The summed E-state index contributed by atoms with van der Waals surface area (Å²) >= 11 is 0. The van der Waals surface area contributed by atoms with Crippen LogP contribution in [0.4, 0.5) is 5.82 Å². The van der Waals surface area contributed by atoms with E-state index in [1.807, 2.05) is 49.4 Å². The summed E-state index contributed by atoms with van der Waals surface area (Å²) in [7, 11) is 1.53. The topological polar surface area (TPSA) is 106 Å². The van der Waals surface area contributed by atoms with Crippen molar-refractivity contribution in [1.29, 1.82) is 0 Å². The predicted octanol–water partition coefficient (Wildman–Crippen LogP) is 2.66. The first-order valence-corrected chi connectivity index (χ1v) is 10.4. The molecule has 1 N–H and O–H groups in total. The van der Waals surface area contributed by atoms with Gasteiger partial charge in [-0.05, 0) is 31.2 Å². The van der Waals surface area contributed by atoms with Gasteiger partial charge < -0.3 is 14.6 Å². The van der Waals surface area contributed by atoms with Crippen molar-refractivity contribution in [3.8, 4) is 23.0 Å². The van der Waals surface area contributed by atoms with E-state index in [9.17, 15) is 9.59 Å². The van der Waals surface area contributed by atoms with Crippen molar-refractivity contribution in [3.05, 3.63) is 58.5 Å². The molecule has 3 aromatic heterocycles. The molecule has 9 nitrogen and oxygen atoms in total. The van der Waals surface area contributed by atoms with E-state index < -0.39 is 0 Å². The highest BCUT2D eigenvalue weighted by molar-refractivity contribution is 5.82. The number of hydrogen-bond acceptors (Lipinski definition) is 7. The molecule has 0 amide bonds. The molecule has 0 saturated carbocycles. The third-order valence-electron chi connectivity index (χ3n) is 5.64. The minimum atomic E-state index is -0.296. The molecular formula is C23H22N6O3. The largest absolute Gasteiger partial charge is 0.480 e. The summed E-state index contributed by atoms with van der Waals surface area (Å²) in [5.41, 5.74) is 2.63. The van der Waals surface area contributed by atoms with Crippen LogP contribution in [0, 0.1) is 6.92 Å². The fourth-order valence-corrected chi connectivity index (χ4v) is 3.97. The quantitative estimate of drug-likeness (QED) is 0.530. The standard InChI is InChI=1S/C23H22N6O3/c1-14-19-20(29(27-14)15-6-4-3-5-7-15)22(31)26-21(25-19)17-8-9-18(24-23(17)32-2)28-12-10-16(30)11-13-28/h3-9H,10-13H2,1-2H3,(H,25,26,31). The van der Waals surface area contributed by atoms with Gasteiger partial charge in [0, 0.05) is 25.9 Å². The first-order chi connectivity index (χ1) is 15.5. The Morgan fingerprint density at radius 1 is 1.00 bits per heavy atom. The number of pyridine rings is 1. The Bertz CT molecular complexity index is 1370. The van der Waals surface area contributed by atoms with Gasteiger partial charge in [-0.3, -0.25) is 9.59 Å². The first-order valence-electron chi connectivity index (χ1n) is 10.4. The number of para-hydroxylation sites is 1. The Kier molecular flexibility index (Phi) is 4.93. The molecule has 1 aliphatic rings. The van der Waals surface area contributed by atoms with Gasteiger partial charge >= 0.3 is 0 Å². The van der Waals surface area contributed by atoms with Gasteiger partial charge in [-0.25, -0.2) is 9.67 Å². The van der Waals surface area contributed by atoms with Gasteiger partial charge in [-0.15, -0.1) is 0 Å². The number of ether oxygens (including phenoxy) is 1. The van der Waals surface area contributed by atoms with Crippen LogP contribution >= 0.6 is 0 Å². The van der Waals surface area contributed by atoms with Crippen LogP contribution in [0.15, 0.2) is 47.3 Å². The molecule has 0 atom stereocenters. The molecule has 4 aromatic rings. The highest BCUT2D eigenvalue weighted by Crippen LogP contribution is 2.30. The van der Waals surface area contributed by atoms with Crippen LogP contribution in [0.5, 0.6) is 5.88 Å². The number of rotatable bonds is 4. The molecule has 0 bridgehead atoms. The van der Waals surface area contributed by atoms with E-state index in [-0.39, 0.29) is 11.3 Å². The number of aromatic amines is 1. The number of nitrogens with zero attached hydrogens (tertiary/aromatic N) is 5. The lowest BCUT2D eigenvalue weighted by Crippen LogP contribution is -2.34. The van der Waals surface area contributed by atoms with Crippen molar-refractivity contribution >= 4 is 22.6 Å². The zero-order valence-electron chi connectivity index (χ0n) is 17.8. The molecule has 0 radical (unpaired) electrons. The fraction of sp³-hybridized carbons (Fsp3) is 0.261. The van der Waals surface area contributed by atoms with Crippen molar-refractivity contribution in [1.82, 2.24) is 24.7 Å². The van der Waals surface area contributed by atoms with E-state index in [0.717, 1.165) is 11.5 Å². The first kappa shape index (κ1) is 19.9. The van der Waals surface area contributed by atoms with Gasteiger partial charge in [0.2, 0.25) is 5.88 Å². The summed E-state index contributed by atoms with van der Waals surface area (Å²) in [5.74, 6) is 1.72. The second-order valence-electron chi connectivity index (χ2n) is 7.70. The molecule has 0 unspecified atom stereocenters. The molecule has 1 fully saturated rings. The summed E-state index contributed by atoms with van der Waals surface area (Å²) in [5, 5.41) is 4.53. The van der Waals surface area contributed by atoms with Crippen LogP contribution in [-0.2, 0) is 4.79 Å². The molecule has 1 aromatic carbocycles. The molecule has 9 heteroatoms. The number of piperidine rings is 1. The number of carbonyl (C=O) groups excluding carboxylic acids is 1. The molecule has 32 heavy (non-hydrogen) atoms. The number of Topliss-reactive ketones (excluding diaryl/α,β-unsaturated/α-hetero) is 1. The van der Waals surface area contributed by atoms with E-state index in [0.29, 0.717) is 59.9 Å². The van der Waals surface area contributed by atoms with Gasteiger partial charge in [0.1, 0.15) is 22.9 Å². The van der Waals surface area contributed by atoms with Crippen molar-refractivity contribution in [2.24, 2.45) is 0 Å². The lowest BCUT2D eigenvalue weighted by atomic mass is 10.1. The van der Waals surface area contributed by atoms with E-state index >= 15 is 0 Å². The monoisotopic (exact) mass is 430 g/mol. The van der Waals surface area contributed by atoms with E-state index in [1.165, 1.54) is 7.11 Å². The van der Waals surface area contributed by atoms with Gasteiger partial charge in [0.25, 0.3) is 5.56 Å². The maximum absolute atomic E-state index is 13.1. The molecule has 162 valence electrons. The van der Waals surface area contributed by atoms with Gasteiger partial charge in [-0.2, -0.15) is 10.1 Å². The number of fused-ring (bicyclic) bond motifs is 1. The molecule has 1 saturated heterocycles. The van der Waals surface area contributed by atoms with E-state index in [1.54, 1.807) is 4.68 Å². The van der Waals surface area contributed by atoms with Crippen LogP contribution in [0.25, 0.3) is 28.1 Å². The average molecular weight is 430 g/mol. The number of anilines is 1. The lowest BCUT2D eigenvalue weighted by Gasteiger charge is -2.27. The Labute approximate surface area is 183 Å². The normalized spacial score (nSPS) is 14.2. The summed E-state index contributed by atoms with van der Waals surface area (Å²) in [4.78, 5) is 38.8. The molecule has 0 spiro atoms. The fourth-order valence-electron chi connectivity index (χ4n) is 3.97. The highest BCUT2D eigenvalue weighted by atomic mass is 16.5. The average Bonchev–Trinajstić information content (AvgIpc) is 3.16. The van der Waals surface area contributed by atoms with Crippen LogP contribution in [0.3, 0.4) is 0 Å². The summed E-state index contributed by atoms with van der Waals surface area (Å²) in [6, 6.07) is 13.2. The number of carbonyl (C=O) groups is 1. The Morgan fingerprint density at radius 2 is 1.75 bits per heavy atom. The van der Waals surface area contributed by atoms with E-state index in [4.69, 9.17) is 9.72 Å². The van der Waals surface area contributed by atoms with Crippen LogP contribution in [-0.4, -0.2) is 50.7 Å². The van der Waals surface area contributed by atoms with Crippen molar-refractivity contribution in [2.75, 3.05) is 25.1 Å². The summed E-state index contributed by atoms with van der Waals surface area (Å²) < 4.78 is 7.13. The number of aromatic nitrogens is 5. The number of aryl methyl sites for hydroxylation is 1. The number of nitrogens with one attached hydrogen (secondary N) is 1. The van der Waals surface area contributed by atoms with Crippen molar-refractivity contribution < 1.29 is 9.53 Å². The minimum Gasteiger partial charge on any atom is -0.480 e. The summed E-state index contributed by atoms with van der Waals surface area (Å²) in [6.45, 7) is 3.09.